The zero-order valence-corrected chi connectivity index (χ0v) is 17.2. The maximum absolute atomic E-state index is 13.0. The number of esters is 1. The number of hydrogen-bond acceptors (Lipinski definition) is 4. The molecular formula is C21H17ClF3N3O3. The first-order valence-corrected chi connectivity index (χ1v) is 9.41. The largest absolute Gasteiger partial charge is 0.452 e. The summed E-state index contributed by atoms with van der Waals surface area (Å²) in [6.07, 6.45) is -4.63. The van der Waals surface area contributed by atoms with Crippen molar-refractivity contribution in [2.24, 2.45) is 0 Å². The first-order chi connectivity index (χ1) is 14.6. The van der Waals surface area contributed by atoms with E-state index in [2.05, 4.69) is 10.4 Å². The number of nitrogens with zero attached hydrogens (tertiary/aromatic N) is 2. The molecule has 0 radical (unpaired) electrons. The zero-order chi connectivity index (χ0) is 22.8. The molecule has 0 aliphatic rings. The number of carbonyl (C=O) groups excluding carboxylic acids is 2. The van der Waals surface area contributed by atoms with Crippen LogP contribution in [0.15, 0.2) is 48.5 Å². The molecule has 0 atom stereocenters. The fourth-order valence-electron chi connectivity index (χ4n) is 2.85. The van der Waals surface area contributed by atoms with Crippen molar-refractivity contribution in [2.75, 3.05) is 11.9 Å². The van der Waals surface area contributed by atoms with Gasteiger partial charge < -0.3 is 10.1 Å². The minimum Gasteiger partial charge on any atom is -0.452 e. The van der Waals surface area contributed by atoms with Gasteiger partial charge >= 0.3 is 12.1 Å². The highest BCUT2D eigenvalue weighted by Gasteiger charge is 2.33. The third-order valence-corrected chi connectivity index (χ3v) is 4.94. The van der Waals surface area contributed by atoms with Crippen molar-refractivity contribution >= 4 is 29.2 Å². The van der Waals surface area contributed by atoms with Crippen molar-refractivity contribution in [3.63, 3.8) is 0 Å². The van der Waals surface area contributed by atoms with Gasteiger partial charge in [-0.2, -0.15) is 18.3 Å². The molecule has 0 saturated carbocycles. The Morgan fingerprint density at radius 3 is 2.32 bits per heavy atom. The Kier molecular flexibility index (Phi) is 6.35. The standard InChI is InChI=1S/C21H17ClF3N3O3/c1-12-19(22)13(2)28(27-12)15-9-7-14(8-10-15)20(30)31-11-18(29)26-17-6-4-3-5-16(17)21(23,24)25/h3-10H,11H2,1-2H3,(H,26,29). The summed E-state index contributed by atoms with van der Waals surface area (Å²) in [6.45, 7) is 2.84. The van der Waals surface area contributed by atoms with Gasteiger partial charge in [0, 0.05) is 0 Å². The van der Waals surface area contributed by atoms with Crippen LogP contribution in [-0.4, -0.2) is 28.3 Å². The number of nitrogens with one attached hydrogen (secondary N) is 1. The fraction of sp³-hybridized carbons (Fsp3) is 0.190. The number of alkyl halides is 3. The van der Waals surface area contributed by atoms with E-state index in [4.69, 9.17) is 16.3 Å². The lowest BCUT2D eigenvalue weighted by Gasteiger charge is -2.13. The van der Waals surface area contributed by atoms with E-state index in [1.54, 1.807) is 30.7 Å². The Hall–Kier alpha value is -3.33. The number of aryl methyl sites for hydroxylation is 1. The Labute approximate surface area is 180 Å². The summed E-state index contributed by atoms with van der Waals surface area (Å²) in [4.78, 5) is 24.1. The average Bonchev–Trinajstić information content (AvgIpc) is 2.99. The molecule has 6 nitrogen and oxygen atoms in total. The van der Waals surface area contributed by atoms with Crippen LogP contribution < -0.4 is 5.32 Å². The van der Waals surface area contributed by atoms with Crippen molar-refractivity contribution in [3.8, 4) is 5.69 Å². The van der Waals surface area contributed by atoms with Crippen LogP contribution in [0.5, 0.6) is 0 Å². The van der Waals surface area contributed by atoms with E-state index in [-0.39, 0.29) is 5.56 Å². The number of halogens is 4. The smallest absolute Gasteiger partial charge is 0.418 e. The quantitative estimate of drug-likeness (QED) is 0.557. The average molecular weight is 452 g/mol. The molecule has 3 rings (SSSR count). The van der Waals surface area contributed by atoms with Gasteiger partial charge in [-0.15, -0.1) is 0 Å². The molecule has 3 aromatic rings. The number of rotatable bonds is 5. The monoisotopic (exact) mass is 451 g/mol. The topological polar surface area (TPSA) is 73.2 Å². The first kappa shape index (κ1) is 22.4. The van der Waals surface area contributed by atoms with Crippen LogP contribution in [0.25, 0.3) is 5.69 Å². The molecule has 0 aliphatic heterocycles. The highest BCUT2D eigenvalue weighted by Crippen LogP contribution is 2.34. The normalized spacial score (nSPS) is 11.3. The summed E-state index contributed by atoms with van der Waals surface area (Å²) < 4.78 is 45.5. The highest BCUT2D eigenvalue weighted by molar-refractivity contribution is 6.31. The van der Waals surface area contributed by atoms with Crippen molar-refractivity contribution < 1.29 is 27.5 Å². The maximum Gasteiger partial charge on any atom is 0.418 e. The van der Waals surface area contributed by atoms with E-state index in [9.17, 15) is 22.8 Å². The number of ether oxygens (including phenoxy) is 1. The lowest BCUT2D eigenvalue weighted by molar-refractivity contribution is -0.137. The second kappa shape index (κ2) is 8.81. The van der Waals surface area contributed by atoms with Crippen LogP contribution in [0.3, 0.4) is 0 Å². The number of benzene rings is 2. The fourth-order valence-corrected chi connectivity index (χ4v) is 2.97. The van der Waals surface area contributed by atoms with Crippen molar-refractivity contribution in [2.45, 2.75) is 20.0 Å². The first-order valence-electron chi connectivity index (χ1n) is 9.03. The Morgan fingerprint density at radius 1 is 1.10 bits per heavy atom. The molecule has 1 N–H and O–H groups in total. The van der Waals surface area contributed by atoms with Crippen LogP contribution in [0.4, 0.5) is 18.9 Å². The van der Waals surface area contributed by atoms with Gasteiger partial charge in [-0.3, -0.25) is 4.79 Å². The lowest BCUT2D eigenvalue weighted by Crippen LogP contribution is -2.22. The number of hydrogen-bond donors (Lipinski definition) is 1. The van der Waals surface area contributed by atoms with E-state index < -0.39 is 35.9 Å². The number of carbonyl (C=O) groups is 2. The van der Waals surface area contributed by atoms with E-state index in [1.807, 2.05) is 0 Å². The predicted octanol–water partition coefficient (Wildman–Crippen LogP) is 4.96. The van der Waals surface area contributed by atoms with Gasteiger partial charge in [0.15, 0.2) is 6.61 Å². The molecule has 0 bridgehead atoms. The molecule has 1 aromatic heterocycles. The van der Waals surface area contributed by atoms with E-state index >= 15 is 0 Å². The van der Waals surface area contributed by atoms with Crippen molar-refractivity contribution in [1.82, 2.24) is 9.78 Å². The Bertz CT molecular complexity index is 1130. The van der Waals surface area contributed by atoms with Crippen LogP contribution in [0, 0.1) is 13.8 Å². The second-order valence-electron chi connectivity index (χ2n) is 6.61. The van der Waals surface area contributed by atoms with Crippen LogP contribution >= 0.6 is 11.6 Å². The summed E-state index contributed by atoms with van der Waals surface area (Å²) in [5.74, 6) is -1.68. The Morgan fingerprint density at radius 2 is 1.74 bits per heavy atom. The number of para-hydroxylation sites is 1. The summed E-state index contributed by atoms with van der Waals surface area (Å²) in [5.41, 5.74) is 0.843. The SMILES string of the molecule is Cc1nn(-c2ccc(C(=O)OCC(=O)Nc3ccccc3C(F)(F)F)cc2)c(C)c1Cl. The third-order valence-electron chi connectivity index (χ3n) is 4.39. The molecule has 1 heterocycles. The van der Waals surface area contributed by atoms with Gasteiger partial charge in [0.1, 0.15) is 0 Å². The second-order valence-corrected chi connectivity index (χ2v) is 6.99. The molecular weight excluding hydrogens is 435 g/mol. The van der Waals surface area contributed by atoms with E-state index in [1.165, 1.54) is 24.3 Å². The van der Waals surface area contributed by atoms with Crippen molar-refractivity contribution in [3.05, 3.63) is 76.1 Å². The van der Waals surface area contributed by atoms with Gasteiger partial charge in [-0.1, -0.05) is 23.7 Å². The summed E-state index contributed by atoms with van der Waals surface area (Å²) in [6, 6.07) is 10.8. The van der Waals surface area contributed by atoms with E-state index in [0.717, 1.165) is 17.8 Å². The van der Waals surface area contributed by atoms with Crippen molar-refractivity contribution in [1.29, 1.82) is 0 Å². The molecule has 31 heavy (non-hydrogen) atoms. The molecule has 0 aliphatic carbocycles. The molecule has 10 heteroatoms. The zero-order valence-electron chi connectivity index (χ0n) is 16.5. The predicted molar refractivity (Wildman–Crippen MR) is 108 cm³/mol. The van der Waals surface area contributed by atoms with Gasteiger partial charge in [0.05, 0.1) is 38.9 Å². The van der Waals surface area contributed by atoms with Gasteiger partial charge in [0.25, 0.3) is 5.91 Å². The minimum atomic E-state index is -4.63. The molecule has 0 spiro atoms. The molecule has 2 aromatic carbocycles. The number of amides is 1. The molecule has 162 valence electrons. The molecule has 1 amide bonds. The number of aromatic nitrogens is 2. The van der Waals surface area contributed by atoms with Crippen LogP contribution in [0.1, 0.15) is 27.3 Å². The van der Waals surface area contributed by atoms with Gasteiger partial charge in [0.2, 0.25) is 0 Å². The maximum atomic E-state index is 13.0. The number of anilines is 1. The lowest BCUT2D eigenvalue weighted by atomic mass is 10.1. The van der Waals surface area contributed by atoms with E-state index in [0.29, 0.717) is 16.4 Å². The molecule has 0 unspecified atom stereocenters. The molecule has 0 saturated heterocycles. The van der Waals surface area contributed by atoms with Gasteiger partial charge in [-0.25, -0.2) is 9.48 Å². The highest BCUT2D eigenvalue weighted by atomic mass is 35.5. The third kappa shape index (κ3) is 5.05. The minimum absolute atomic E-state index is 0.167. The molecule has 0 fully saturated rings. The summed E-state index contributed by atoms with van der Waals surface area (Å²) in [7, 11) is 0. The Balaban J connectivity index is 1.62. The van der Waals surface area contributed by atoms with Crippen LogP contribution in [0.2, 0.25) is 5.02 Å². The summed E-state index contributed by atoms with van der Waals surface area (Å²) in [5, 5.41) is 6.97. The van der Waals surface area contributed by atoms with Crippen LogP contribution in [-0.2, 0) is 15.7 Å². The van der Waals surface area contributed by atoms with Gasteiger partial charge in [-0.05, 0) is 50.2 Å². The summed E-state index contributed by atoms with van der Waals surface area (Å²) >= 11 is 6.14.